The minimum atomic E-state index is 0.375. The van der Waals surface area contributed by atoms with Gasteiger partial charge < -0.3 is 10.5 Å². The quantitative estimate of drug-likeness (QED) is 0.747. The number of thiocarbonyl (C=S) groups is 1. The molecule has 1 unspecified atom stereocenters. The smallest absolute Gasteiger partial charge is 0.129 e. The van der Waals surface area contributed by atoms with Crippen LogP contribution in [0, 0.1) is 5.92 Å². The molecule has 3 nitrogen and oxygen atoms in total. The second kappa shape index (κ2) is 8.22. The van der Waals surface area contributed by atoms with Gasteiger partial charge in [0.25, 0.3) is 0 Å². The molecule has 0 saturated heterocycles. The first-order valence-corrected chi connectivity index (χ1v) is 7.61. The predicted molar refractivity (Wildman–Crippen MR) is 89.3 cm³/mol. The van der Waals surface area contributed by atoms with Gasteiger partial charge in [0, 0.05) is 13.1 Å². The van der Waals surface area contributed by atoms with E-state index in [1.165, 1.54) is 12.0 Å². The first-order chi connectivity index (χ1) is 9.51. The molecule has 0 aliphatic carbocycles. The van der Waals surface area contributed by atoms with E-state index in [-0.39, 0.29) is 0 Å². The maximum absolute atomic E-state index is 5.69. The van der Waals surface area contributed by atoms with Crippen molar-refractivity contribution < 1.29 is 4.74 Å². The summed E-state index contributed by atoms with van der Waals surface area (Å²) < 4.78 is 5.38. The van der Waals surface area contributed by atoms with Crippen molar-refractivity contribution in [3.05, 3.63) is 29.3 Å². The SMILES string of the molecule is CCC(C)CN(CC)Cc1ccc(C(N)=S)c(OC)c1. The minimum Gasteiger partial charge on any atom is -0.496 e. The highest BCUT2D eigenvalue weighted by Crippen LogP contribution is 2.21. The Hall–Kier alpha value is -1.13. The second-order valence-electron chi connectivity index (χ2n) is 5.24. The van der Waals surface area contributed by atoms with Crippen LogP contribution in [0.4, 0.5) is 0 Å². The number of nitrogens with zero attached hydrogens (tertiary/aromatic N) is 1. The van der Waals surface area contributed by atoms with Crippen LogP contribution in [-0.4, -0.2) is 30.1 Å². The number of hydrogen-bond donors (Lipinski definition) is 1. The largest absolute Gasteiger partial charge is 0.496 e. The molecule has 0 aromatic heterocycles. The van der Waals surface area contributed by atoms with Crippen molar-refractivity contribution in [2.45, 2.75) is 33.7 Å². The molecule has 20 heavy (non-hydrogen) atoms. The maximum atomic E-state index is 5.69. The Kier molecular flexibility index (Phi) is 6.96. The lowest BCUT2D eigenvalue weighted by molar-refractivity contribution is 0.238. The number of ether oxygens (including phenoxy) is 1. The fourth-order valence-electron chi connectivity index (χ4n) is 2.17. The third-order valence-electron chi connectivity index (χ3n) is 3.65. The molecular weight excluding hydrogens is 268 g/mol. The molecular formula is C16H26N2OS. The lowest BCUT2D eigenvalue weighted by atomic mass is 10.1. The second-order valence-corrected chi connectivity index (χ2v) is 5.68. The van der Waals surface area contributed by atoms with E-state index in [2.05, 4.69) is 31.7 Å². The molecule has 4 heteroatoms. The minimum absolute atomic E-state index is 0.375. The first-order valence-electron chi connectivity index (χ1n) is 7.20. The lowest BCUT2D eigenvalue weighted by Crippen LogP contribution is -2.27. The number of hydrogen-bond acceptors (Lipinski definition) is 3. The molecule has 0 amide bonds. The summed E-state index contributed by atoms with van der Waals surface area (Å²) in [4.78, 5) is 2.82. The zero-order valence-electron chi connectivity index (χ0n) is 13.0. The Balaban J connectivity index is 2.83. The van der Waals surface area contributed by atoms with E-state index < -0.39 is 0 Å². The average Bonchev–Trinajstić information content (AvgIpc) is 2.45. The molecule has 0 bridgehead atoms. The third-order valence-corrected chi connectivity index (χ3v) is 3.87. The molecule has 0 radical (unpaired) electrons. The molecule has 1 rings (SSSR count). The van der Waals surface area contributed by atoms with Crippen LogP contribution in [0.1, 0.15) is 38.3 Å². The van der Waals surface area contributed by atoms with Crippen LogP contribution in [0.5, 0.6) is 5.75 Å². The molecule has 0 aliphatic rings. The summed E-state index contributed by atoms with van der Waals surface area (Å²) in [7, 11) is 1.65. The van der Waals surface area contributed by atoms with Crippen molar-refractivity contribution in [2.24, 2.45) is 11.7 Å². The number of methoxy groups -OCH3 is 1. The van der Waals surface area contributed by atoms with Gasteiger partial charge in [-0.3, -0.25) is 4.90 Å². The highest BCUT2D eigenvalue weighted by Gasteiger charge is 2.11. The Labute approximate surface area is 128 Å². The first kappa shape index (κ1) is 16.9. The summed E-state index contributed by atoms with van der Waals surface area (Å²) in [5, 5.41) is 0. The summed E-state index contributed by atoms with van der Waals surface area (Å²) in [5.41, 5.74) is 7.72. The molecule has 0 saturated carbocycles. The fraction of sp³-hybridized carbons (Fsp3) is 0.562. The van der Waals surface area contributed by atoms with Gasteiger partial charge in [0.2, 0.25) is 0 Å². The van der Waals surface area contributed by atoms with Crippen molar-refractivity contribution >= 4 is 17.2 Å². The van der Waals surface area contributed by atoms with E-state index in [1.807, 2.05) is 12.1 Å². The van der Waals surface area contributed by atoms with Gasteiger partial charge in [-0.15, -0.1) is 0 Å². The van der Waals surface area contributed by atoms with Crippen molar-refractivity contribution in [3.8, 4) is 5.75 Å². The molecule has 2 N–H and O–H groups in total. The Morgan fingerprint density at radius 3 is 2.60 bits per heavy atom. The summed E-state index contributed by atoms with van der Waals surface area (Å²) >= 11 is 5.03. The molecule has 1 atom stereocenters. The van der Waals surface area contributed by atoms with Crippen molar-refractivity contribution in [2.75, 3.05) is 20.2 Å². The van der Waals surface area contributed by atoms with Gasteiger partial charge in [-0.2, -0.15) is 0 Å². The van der Waals surface area contributed by atoms with Crippen LogP contribution in [0.25, 0.3) is 0 Å². The average molecular weight is 294 g/mol. The summed E-state index contributed by atoms with van der Waals surface area (Å²) in [6, 6.07) is 6.07. The zero-order chi connectivity index (χ0) is 15.1. The van der Waals surface area contributed by atoms with E-state index in [0.29, 0.717) is 10.9 Å². The number of nitrogens with two attached hydrogens (primary N) is 1. The van der Waals surface area contributed by atoms with Crippen LogP contribution in [0.15, 0.2) is 18.2 Å². The molecule has 0 aliphatic heterocycles. The summed E-state index contributed by atoms with van der Waals surface area (Å²) in [6.07, 6.45) is 1.21. The van der Waals surface area contributed by atoms with Crippen LogP contribution in [0.3, 0.4) is 0 Å². The van der Waals surface area contributed by atoms with Gasteiger partial charge in [0.05, 0.1) is 12.7 Å². The molecule has 112 valence electrons. The fourth-order valence-corrected chi connectivity index (χ4v) is 2.34. The summed E-state index contributed by atoms with van der Waals surface area (Å²) in [6.45, 7) is 9.81. The van der Waals surface area contributed by atoms with E-state index in [0.717, 1.165) is 30.9 Å². The normalized spacial score (nSPS) is 12.4. The Morgan fingerprint density at radius 1 is 1.40 bits per heavy atom. The summed E-state index contributed by atoms with van der Waals surface area (Å²) in [5.74, 6) is 1.47. The number of rotatable bonds is 8. The highest BCUT2D eigenvalue weighted by molar-refractivity contribution is 7.80. The van der Waals surface area contributed by atoms with Crippen molar-refractivity contribution in [1.29, 1.82) is 0 Å². The topological polar surface area (TPSA) is 38.5 Å². The Morgan fingerprint density at radius 2 is 2.10 bits per heavy atom. The third kappa shape index (κ3) is 4.76. The molecule has 1 aromatic rings. The monoisotopic (exact) mass is 294 g/mol. The Bertz CT molecular complexity index is 448. The van der Waals surface area contributed by atoms with Gasteiger partial charge in [-0.1, -0.05) is 45.5 Å². The maximum Gasteiger partial charge on any atom is 0.129 e. The van der Waals surface area contributed by atoms with Gasteiger partial charge in [0.15, 0.2) is 0 Å². The van der Waals surface area contributed by atoms with Crippen LogP contribution in [-0.2, 0) is 6.54 Å². The van der Waals surface area contributed by atoms with Gasteiger partial charge in [-0.25, -0.2) is 0 Å². The van der Waals surface area contributed by atoms with Crippen LogP contribution < -0.4 is 10.5 Å². The standard InChI is InChI=1S/C16H26N2OS/c1-5-12(3)10-18(6-2)11-13-7-8-14(16(17)20)15(9-13)19-4/h7-9,12H,5-6,10-11H2,1-4H3,(H2,17,20). The zero-order valence-corrected chi connectivity index (χ0v) is 13.8. The van der Waals surface area contributed by atoms with Crippen molar-refractivity contribution in [1.82, 2.24) is 4.90 Å². The highest BCUT2D eigenvalue weighted by atomic mass is 32.1. The van der Waals surface area contributed by atoms with Crippen LogP contribution >= 0.6 is 12.2 Å². The number of benzene rings is 1. The van der Waals surface area contributed by atoms with Crippen LogP contribution in [0.2, 0.25) is 0 Å². The molecule has 0 heterocycles. The van der Waals surface area contributed by atoms with E-state index in [9.17, 15) is 0 Å². The van der Waals surface area contributed by atoms with Gasteiger partial charge in [0.1, 0.15) is 10.7 Å². The predicted octanol–water partition coefficient (Wildman–Crippen LogP) is 3.20. The van der Waals surface area contributed by atoms with E-state index in [1.54, 1.807) is 7.11 Å². The molecule has 0 spiro atoms. The molecule has 0 fully saturated rings. The molecule has 1 aromatic carbocycles. The van der Waals surface area contributed by atoms with E-state index in [4.69, 9.17) is 22.7 Å². The van der Waals surface area contributed by atoms with Gasteiger partial charge in [-0.05, 0) is 30.2 Å². The lowest BCUT2D eigenvalue weighted by Gasteiger charge is -2.24. The van der Waals surface area contributed by atoms with E-state index >= 15 is 0 Å². The van der Waals surface area contributed by atoms with Crippen molar-refractivity contribution in [3.63, 3.8) is 0 Å². The van der Waals surface area contributed by atoms with Gasteiger partial charge >= 0.3 is 0 Å².